The highest BCUT2D eigenvalue weighted by atomic mass is 35.5. The van der Waals surface area contributed by atoms with Gasteiger partial charge in [-0.15, -0.1) is 0 Å². The van der Waals surface area contributed by atoms with Gasteiger partial charge in [0, 0.05) is 11.6 Å². The number of nitrogens with one attached hydrogen (secondary N) is 2. The van der Waals surface area contributed by atoms with Gasteiger partial charge in [0.05, 0.1) is 27.3 Å². The van der Waals surface area contributed by atoms with Crippen molar-refractivity contribution in [2.75, 3.05) is 11.3 Å². The molecular weight excluding hydrogens is 547 g/mol. The maximum absolute atomic E-state index is 13.1. The minimum Gasteiger partial charge on any atom is -0.456 e. The molecule has 0 bridgehead atoms. The van der Waals surface area contributed by atoms with E-state index in [1.807, 2.05) is 18.2 Å². The zero-order chi connectivity index (χ0) is 27.1. The van der Waals surface area contributed by atoms with Crippen molar-refractivity contribution in [3.05, 3.63) is 118 Å². The second kappa shape index (κ2) is 12.3. The van der Waals surface area contributed by atoms with Crippen molar-refractivity contribution in [1.29, 1.82) is 0 Å². The van der Waals surface area contributed by atoms with Gasteiger partial charge in [0.1, 0.15) is 11.5 Å². The van der Waals surface area contributed by atoms with Crippen LogP contribution in [0.5, 0.6) is 11.5 Å². The SMILES string of the molecule is O=C(NCC[C@H](O)c1ccccc1)c1cc(Cl)ccc1NS(=O)(=O)c1ccc(Oc2ccccc2Cl)cc1. The number of halogens is 2. The number of para-hydroxylation sites is 1. The van der Waals surface area contributed by atoms with Crippen molar-refractivity contribution in [3.63, 3.8) is 0 Å². The molecule has 38 heavy (non-hydrogen) atoms. The lowest BCUT2D eigenvalue weighted by Gasteiger charge is -2.15. The van der Waals surface area contributed by atoms with E-state index in [1.54, 1.807) is 36.4 Å². The third-order valence-corrected chi connectivity index (χ3v) is 7.49. The van der Waals surface area contributed by atoms with Crippen LogP contribution in [0.2, 0.25) is 10.0 Å². The molecule has 0 radical (unpaired) electrons. The van der Waals surface area contributed by atoms with Gasteiger partial charge in [0.25, 0.3) is 15.9 Å². The van der Waals surface area contributed by atoms with Crippen LogP contribution in [-0.2, 0) is 10.0 Å². The Morgan fingerprint density at radius 2 is 1.58 bits per heavy atom. The summed E-state index contributed by atoms with van der Waals surface area (Å²) >= 11 is 12.2. The standard InChI is InChI=1S/C28H24Cl2N2O5S/c29-20-10-15-25(23(18-20)28(34)31-17-16-26(33)19-6-2-1-3-7-19)32-38(35,36)22-13-11-21(12-14-22)37-27-9-5-4-8-24(27)30/h1-15,18,26,32-33H,16-17H2,(H,31,34)/t26-/m0/s1. The van der Waals surface area contributed by atoms with Gasteiger partial charge in [0.2, 0.25) is 0 Å². The predicted octanol–water partition coefficient (Wildman–Crippen LogP) is 6.44. The number of aliphatic hydroxyl groups is 1. The van der Waals surface area contributed by atoms with E-state index in [4.69, 9.17) is 27.9 Å². The smallest absolute Gasteiger partial charge is 0.261 e. The van der Waals surface area contributed by atoms with E-state index in [9.17, 15) is 18.3 Å². The summed E-state index contributed by atoms with van der Waals surface area (Å²) in [5.74, 6) is 0.311. The molecule has 0 fully saturated rings. The zero-order valence-corrected chi connectivity index (χ0v) is 22.3. The number of carbonyl (C=O) groups excluding carboxylic acids is 1. The second-order valence-electron chi connectivity index (χ2n) is 8.27. The summed E-state index contributed by atoms with van der Waals surface area (Å²) in [5, 5.41) is 13.7. The molecule has 4 rings (SSSR count). The van der Waals surface area contributed by atoms with Crippen LogP contribution in [0.1, 0.15) is 28.4 Å². The fourth-order valence-electron chi connectivity index (χ4n) is 3.60. The third-order valence-electron chi connectivity index (χ3n) is 5.56. The molecule has 196 valence electrons. The Kier molecular flexibility index (Phi) is 8.91. The number of anilines is 1. The van der Waals surface area contributed by atoms with E-state index in [0.717, 1.165) is 5.56 Å². The number of amides is 1. The first-order valence-electron chi connectivity index (χ1n) is 11.6. The van der Waals surface area contributed by atoms with Crippen LogP contribution in [0, 0.1) is 0 Å². The van der Waals surface area contributed by atoms with Crippen molar-refractivity contribution in [3.8, 4) is 11.5 Å². The lowest BCUT2D eigenvalue weighted by Crippen LogP contribution is -2.27. The molecule has 0 heterocycles. The molecule has 0 saturated heterocycles. The Bertz CT molecular complexity index is 1510. The van der Waals surface area contributed by atoms with E-state index >= 15 is 0 Å². The minimum absolute atomic E-state index is 0.0312. The maximum Gasteiger partial charge on any atom is 0.261 e. The fraction of sp³-hybridized carbons (Fsp3) is 0.107. The Hall–Kier alpha value is -3.56. The van der Waals surface area contributed by atoms with Crippen LogP contribution >= 0.6 is 23.2 Å². The number of carbonyl (C=O) groups is 1. The summed E-state index contributed by atoms with van der Waals surface area (Å²) in [6.07, 6.45) is -0.473. The molecule has 7 nitrogen and oxygen atoms in total. The van der Waals surface area contributed by atoms with Crippen molar-refractivity contribution < 1.29 is 23.1 Å². The summed E-state index contributed by atoms with van der Waals surface area (Å²) in [7, 11) is -4.04. The van der Waals surface area contributed by atoms with Crippen molar-refractivity contribution in [2.45, 2.75) is 17.4 Å². The van der Waals surface area contributed by atoms with Crippen LogP contribution in [0.15, 0.2) is 102 Å². The number of hydrogen-bond acceptors (Lipinski definition) is 5. The predicted molar refractivity (Wildman–Crippen MR) is 149 cm³/mol. The Balaban J connectivity index is 1.44. The van der Waals surface area contributed by atoms with Crippen molar-refractivity contribution in [1.82, 2.24) is 5.32 Å². The monoisotopic (exact) mass is 570 g/mol. The number of hydrogen-bond donors (Lipinski definition) is 3. The molecule has 0 saturated carbocycles. The number of rotatable bonds is 10. The third kappa shape index (κ3) is 7.05. The molecule has 0 aromatic heterocycles. The molecule has 10 heteroatoms. The molecule has 3 N–H and O–H groups in total. The number of sulfonamides is 1. The van der Waals surface area contributed by atoms with Gasteiger partial charge < -0.3 is 15.2 Å². The quantitative estimate of drug-likeness (QED) is 0.203. The normalized spacial score (nSPS) is 12.0. The molecule has 4 aromatic rings. The van der Waals surface area contributed by atoms with Gasteiger partial charge in [-0.2, -0.15) is 0 Å². The average Bonchev–Trinajstić information content (AvgIpc) is 2.91. The number of benzene rings is 4. The highest BCUT2D eigenvalue weighted by Gasteiger charge is 2.20. The highest BCUT2D eigenvalue weighted by molar-refractivity contribution is 7.92. The summed E-state index contributed by atoms with van der Waals surface area (Å²) < 4.78 is 34.3. The van der Waals surface area contributed by atoms with Crippen LogP contribution in [0.3, 0.4) is 0 Å². The van der Waals surface area contributed by atoms with Crippen LogP contribution in [-0.4, -0.2) is 26.0 Å². The van der Waals surface area contributed by atoms with Crippen molar-refractivity contribution in [2.24, 2.45) is 0 Å². The van der Waals surface area contributed by atoms with Crippen LogP contribution in [0.4, 0.5) is 5.69 Å². The number of ether oxygens (including phenoxy) is 1. The Labute approximate surface area is 231 Å². The Morgan fingerprint density at radius 3 is 2.29 bits per heavy atom. The van der Waals surface area contributed by atoms with Crippen LogP contribution in [0.25, 0.3) is 0 Å². The van der Waals surface area contributed by atoms with Gasteiger partial charge >= 0.3 is 0 Å². The van der Waals surface area contributed by atoms with E-state index in [1.165, 1.54) is 42.5 Å². The van der Waals surface area contributed by atoms with Gasteiger partial charge in [-0.25, -0.2) is 8.42 Å². The minimum atomic E-state index is -4.04. The van der Waals surface area contributed by atoms with E-state index in [0.29, 0.717) is 16.5 Å². The first-order chi connectivity index (χ1) is 18.2. The maximum atomic E-state index is 13.1. The summed E-state index contributed by atoms with van der Waals surface area (Å²) in [6, 6.07) is 26.1. The molecular formula is C28H24Cl2N2O5S. The lowest BCUT2D eigenvalue weighted by atomic mass is 10.1. The summed E-state index contributed by atoms with van der Waals surface area (Å²) in [6.45, 7) is 0.167. The summed E-state index contributed by atoms with van der Waals surface area (Å²) in [4.78, 5) is 12.9. The summed E-state index contributed by atoms with van der Waals surface area (Å²) in [5.41, 5.74) is 0.849. The van der Waals surface area contributed by atoms with E-state index in [2.05, 4.69) is 10.0 Å². The molecule has 0 aliphatic rings. The van der Waals surface area contributed by atoms with Gasteiger partial charge in [-0.1, -0.05) is 65.7 Å². The van der Waals surface area contributed by atoms with Crippen molar-refractivity contribution >= 4 is 44.8 Å². The average molecular weight is 571 g/mol. The first-order valence-corrected chi connectivity index (χ1v) is 13.8. The molecule has 1 atom stereocenters. The lowest BCUT2D eigenvalue weighted by molar-refractivity contribution is 0.0943. The highest BCUT2D eigenvalue weighted by Crippen LogP contribution is 2.30. The van der Waals surface area contributed by atoms with Crippen LogP contribution < -0.4 is 14.8 Å². The van der Waals surface area contributed by atoms with Gasteiger partial charge in [0.15, 0.2) is 0 Å². The molecule has 0 aliphatic carbocycles. The molecule has 1 amide bonds. The van der Waals surface area contributed by atoms with E-state index < -0.39 is 22.0 Å². The Morgan fingerprint density at radius 1 is 0.895 bits per heavy atom. The molecule has 0 aliphatic heterocycles. The fourth-order valence-corrected chi connectivity index (χ4v) is 5.02. The molecule has 4 aromatic carbocycles. The zero-order valence-electron chi connectivity index (χ0n) is 20.0. The molecule has 0 spiro atoms. The first kappa shape index (κ1) is 27.5. The molecule has 0 unspecified atom stereocenters. The second-order valence-corrected chi connectivity index (χ2v) is 10.8. The van der Waals surface area contributed by atoms with E-state index in [-0.39, 0.29) is 34.1 Å². The topological polar surface area (TPSA) is 105 Å². The number of aliphatic hydroxyl groups excluding tert-OH is 1. The van der Waals surface area contributed by atoms with Gasteiger partial charge in [-0.05, 0) is 66.6 Å². The van der Waals surface area contributed by atoms with Gasteiger partial charge in [-0.3, -0.25) is 9.52 Å². The largest absolute Gasteiger partial charge is 0.456 e.